The van der Waals surface area contributed by atoms with E-state index in [4.69, 9.17) is 0 Å². The molecule has 0 aromatic heterocycles. The Bertz CT molecular complexity index is 964. The molecule has 0 fully saturated rings. The molecule has 0 saturated heterocycles. The molecule has 3 atom stereocenters. The normalized spacial score (nSPS) is 14.7. The average Bonchev–Trinajstić information content (AvgIpc) is 2.78. The van der Waals surface area contributed by atoms with Crippen molar-refractivity contribution in [3.63, 3.8) is 0 Å². The van der Waals surface area contributed by atoms with Crippen molar-refractivity contribution in [3.05, 3.63) is 114 Å². The van der Waals surface area contributed by atoms with Crippen molar-refractivity contribution >= 4 is 11.6 Å². The molecule has 3 N–H and O–H groups in total. The second kappa shape index (κ2) is 10.6. The van der Waals surface area contributed by atoms with Crippen LogP contribution in [0.2, 0.25) is 0 Å². The lowest BCUT2D eigenvalue weighted by Gasteiger charge is -2.25. The highest BCUT2D eigenvalue weighted by Crippen LogP contribution is 2.31. The van der Waals surface area contributed by atoms with Crippen molar-refractivity contribution in [1.29, 1.82) is 0 Å². The van der Waals surface area contributed by atoms with Gasteiger partial charge in [-0.25, -0.2) is 0 Å². The van der Waals surface area contributed by atoms with E-state index in [-0.39, 0.29) is 5.75 Å². The Hall–Kier alpha value is -3.14. The maximum absolute atomic E-state index is 10.8. The van der Waals surface area contributed by atoms with E-state index in [0.29, 0.717) is 12.8 Å². The summed E-state index contributed by atoms with van der Waals surface area (Å²) >= 11 is 0. The standard InChI is InChI=1S/C27H28O3/c1-2-25(27(30)22-13-7-4-8-14-22)26(29)17-16-23(21-11-5-3-6-12-21)18-20-10-9-15-24(28)19-20/h2-15,18-19,25-30H,1,16-17H2/b23-18-/t25-,26-,27-/m1/s1. The Kier molecular flexibility index (Phi) is 7.61. The number of hydrogen-bond donors (Lipinski definition) is 3. The molecule has 3 heteroatoms. The molecule has 3 aromatic carbocycles. The van der Waals surface area contributed by atoms with Gasteiger partial charge in [-0.2, -0.15) is 0 Å². The highest BCUT2D eigenvalue weighted by Gasteiger charge is 2.25. The molecular formula is C27H28O3. The van der Waals surface area contributed by atoms with E-state index >= 15 is 0 Å². The Balaban J connectivity index is 1.78. The van der Waals surface area contributed by atoms with Crippen molar-refractivity contribution in [2.45, 2.75) is 25.0 Å². The summed E-state index contributed by atoms with van der Waals surface area (Å²) in [7, 11) is 0. The molecule has 3 nitrogen and oxygen atoms in total. The maximum atomic E-state index is 10.8. The van der Waals surface area contributed by atoms with Crippen LogP contribution >= 0.6 is 0 Å². The number of rotatable bonds is 9. The van der Waals surface area contributed by atoms with Gasteiger partial charge in [0.25, 0.3) is 0 Å². The molecule has 0 saturated carbocycles. The molecule has 0 aliphatic rings. The van der Waals surface area contributed by atoms with E-state index in [1.807, 2.05) is 78.9 Å². The van der Waals surface area contributed by atoms with Crippen LogP contribution in [-0.4, -0.2) is 21.4 Å². The summed E-state index contributed by atoms with van der Waals surface area (Å²) in [5, 5.41) is 31.4. The lowest BCUT2D eigenvalue weighted by molar-refractivity contribution is 0.0325. The molecule has 154 valence electrons. The summed E-state index contributed by atoms with van der Waals surface area (Å²) in [5.41, 5.74) is 3.78. The molecular weight excluding hydrogens is 372 g/mol. The third-order valence-electron chi connectivity index (χ3n) is 5.29. The molecule has 0 aliphatic carbocycles. The fourth-order valence-electron chi connectivity index (χ4n) is 3.63. The Morgan fingerprint density at radius 3 is 2.17 bits per heavy atom. The molecule has 0 heterocycles. The van der Waals surface area contributed by atoms with Crippen molar-refractivity contribution in [2.24, 2.45) is 5.92 Å². The molecule has 0 aliphatic heterocycles. The lowest BCUT2D eigenvalue weighted by Crippen LogP contribution is -2.25. The summed E-state index contributed by atoms with van der Waals surface area (Å²) in [6.45, 7) is 3.83. The topological polar surface area (TPSA) is 60.7 Å². The van der Waals surface area contributed by atoms with E-state index in [1.54, 1.807) is 18.2 Å². The zero-order valence-electron chi connectivity index (χ0n) is 16.9. The summed E-state index contributed by atoms with van der Waals surface area (Å²) in [5.74, 6) is -0.251. The lowest BCUT2D eigenvalue weighted by atomic mass is 9.87. The number of hydrogen-bond acceptors (Lipinski definition) is 3. The molecule has 3 aromatic rings. The van der Waals surface area contributed by atoms with Gasteiger partial charge in [0, 0.05) is 5.92 Å². The molecule has 30 heavy (non-hydrogen) atoms. The summed E-state index contributed by atoms with van der Waals surface area (Å²) in [6, 6.07) is 26.4. The first-order valence-electron chi connectivity index (χ1n) is 10.2. The van der Waals surface area contributed by atoms with Gasteiger partial charge in [-0.15, -0.1) is 6.58 Å². The smallest absolute Gasteiger partial charge is 0.116 e. The van der Waals surface area contributed by atoms with Crippen molar-refractivity contribution in [1.82, 2.24) is 0 Å². The third kappa shape index (κ3) is 5.69. The second-order valence-electron chi connectivity index (χ2n) is 7.41. The van der Waals surface area contributed by atoms with E-state index in [2.05, 4.69) is 6.58 Å². The SMILES string of the molecule is C=C[C@H]([C@H](O)CC/C(=C/c1cccc(O)c1)c1ccccc1)[C@H](O)c1ccccc1. The number of benzene rings is 3. The largest absolute Gasteiger partial charge is 0.508 e. The van der Waals surface area contributed by atoms with Crippen LogP contribution in [0.4, 0.5) is 0 Å². The second-order valence-corrected chi connectivity index (χ2v) is 7.41. The minimum absolute atomic E-state index is 0.217. The van der Waals surface area contributed by atoms with Gasteiger partial charge in [-0.3, -0.25) is 0 Å². The predicted molar refractivity (Wildman–Crippen MR) is 123 cm³/mol. The van der Waals surface area contributed by atoms with Crippen LogP contribution in [0.1, 0.15) is 35.6 Å². The zero-order chi connectivity index (χ0) is 21.3. The Morgan fingerprint density at radius 2 is 1.53 bits per heavy atom. The van der Waals surface area contributed by atoms with Crippen LogP contribution in [0.15, 0.2) is 97.6 Å². The Morgan fingerprint density at radius 1 is 0.867 bits per heavy atom. The van der Waals surface area contributed by atoms with Crippen LogP contribution in [0.3, 0.4) is 0 Å². The fourth-order valence-corrected chi connectivity index (χ4v) is 3.63. The van der Waals surface area contributed by atoms with Crippen LogP contribution in [0, 0.1) is 5.92 Å². The summed E-state index contributed by atoms with van der Waals surface area (Å²) in [4.78, 5) is 0. The van der Waals surface area contributed by atoms with E-state index in [9.17, 15) is 15.3 Å². The summed E-state index contributed by atoms with van der Waals surface area (Å²) < 4.78 is 0. The fraction of sp³-hybridized carbons (Fsp3) is 0.185. The number of phenols is 1. The molecule has 3 rings (SSSR count). The van der Waals surface area contributed by atoms with Gasteiger partial charge in [0.15, 0.2) is 0 Å². The van der Waals surface area contributed by atoms with Gasteiger partial charge in [0.05, 0.1) is 12.2 Å². The van der Waals surface area contributed by atoms with Crippen LogP contribution in [0.25, 0.3) is 11.6 Å². The van der Waals surface area contributed by atoms with Gasteiger partial charge in [0.1, 0.15) is 5.75 Å². The van der Waals surface area contributed by atoms with Gasteiger partial charge >= 0.3 is 0 Å². The first-order chi connectivity index (χ1) is 14.6. The first kappa shape index (κ1) is 21.6. The zero-order valence-corrected chi connectivity index (χ0v) is 16.9. The Labute approximate surface area is 178 Å². The van der Waals surface area contributed by atoms with Gasteiger partial charge < -0.3 is 15.3 Å². The molecule has 0 amide bonds. The maximum Gasteiger partial charge on any atom is 0.116 e. The molecule has 0 radical (unpaired) electrons. The quantitative estimate of drug-likeness (QED) is 0.323. The van der Waals surface area contributed by atoms with Crippen LogP contribution in [-0.2, 0) is 0 Å². The van der Waals surface area contributed by atoms with Crippen molar-refractivity contribution in [3.8, 4) is 5.75 Å². The molecule has 0 spiro atoms. The number of phenolic OH excluding ortho intramolecular Hbond substituents is 1. The van der Waals surface area contributed by atoms with Crippen LogP contribution < -0.4 is 0 Å². The number of aliphatic hydroxyl groups is 2. The monoisotopic (exact) mass is 400 g/mol. The minimum atomic E-state index is -0.811. The van der Waals surface area contributed by atoms with Gasteiger partial charge in [0.2, 0.25) is 0 Å². The third-order valence-corrected chi connectivity index (χ3v) is 5.29. The average molecular weight is 401 g/mol. The molecule has 0 bridgehead atoms. The first-order valence-corrected chi connectivity index (χ1v) is 10.2. The van der Waals surface area contributed by atoms with Crippen molar-refractivity contribution in [2.75, 3.05) is 0 Å². The number of aromatic hydroxyl groups is 1. The highest BCUT2D eigenvalue weighted by atomic mass is 16.3. The number of allylic oxidation sites excluding steroid dienone is 1. The van der Waals surface area contributed by atoms with E-state index < -0.39 is 18.1 Å². The summed E-state index contributed by atoms with van der Waals surface area (Å²) in [6.07, 6.45) is 3.19. The van der Waals surface area contributed by atoms with Crippen LogP contribution in [0.5, 0.6) is 5.75 Å². The van der Waals surface area contributed by atoms with E-state index in [0.717, 1.165) is 22.3 Å². The minimum Gasteiger partial charge on any atom is -0.508 e. The van der Waals surface area contributed by atoms with E-state index in [1.165, 1.54) is 0 Å². The number of aliphatic hydroxyl groups excluding tert-OH is 2. The van der Waals surface area contributed by atoms with Gasteiger partial charge in [-0.05, 0) is 47.2 Å². The molecule has 0 unspecified atom stereocenters. The predicted octanol–water partition coefficient (Wildman–Crippen LogP) is 5.61. The van der Waals surface area contributed by atoms with Gasteiger partial charge in [-0.1, -0.05) is 84.9 Å². The highest BCUT2D eigenvalue weighted by molar-refractivity contribution is 5.81. The van der Waals surface area contributed by atoms with Crippen molar-refractivity contribution < 1.29 is 15.3 Å².